The van der Waals surface area contributed by atoms with Gasteiger partial charge in [0, 0.05) is 10.0 Å². The van der Waals surface area contributed by atoms with Crippen molar-refractivity contribution in [2.45, 2.75) is 31.7 Å². The Morgan fingerprint density at radius 2 is 2.00 bits per heavy atom. The van der Waals surface area contributed by atoms with Gasteiger partial charge in [-0.3, -0.25) is 4.79 Å². The van der Waals surface area contributed by atoms with Crippen LogP contribution in [0.5, 0.6) is 0 Å². The van der Waals surface area contributed by atoms with Gasteiger partial charge in [-0.25, -0.2) is 4.79 Å². The quantitative estimate of drug-likeness (QED) is 0.901. The number of nitrogens with one attached hydrogen (secondary N) is 1. The molecular weight excluding hydrogens is 298 g/mol. The second-order valence-electron chi connectivity index (χ2n) is 4.71. The van der Waals surface area contributed by atoms with E-state index in [4.69, 9.17) is 5.11 Å². The summed E-state index contributed by atoms with van der Waals surface area (Å²) >= 11 is 3.32. The number of carboxylic acids is 1. The van der Waals surface area contributed by atoms with Gasteiger partial charge in [0.15, 0.2) is 0 Å². The molecule has 0 spiro atoms. The first kappa shape index (κ1) is 13.1. The Labute approximate surface area is 114 Å². The molecule has 1 aliphatic rings. The molecule has 5 heteroatoms. The van der Waals surface area contributed by atoms with Crippen molar-refractivity contribution in [1.29, 1.82) is 0 Å². The van der Waals surface area contributed by atoms with Gasteiger partial charge in [-0.15, -0.1) is 0 Å². The number of rotatable bonds is 3. The average molecular weight is 312 g/mol. The van der Waals surface area contributed by atoms with Crippen molar-refractivity contribution in [1.82, 2.24) is 5.32 Å². The lowest BCUT2D eigenvalue weighted by Gasteiger charge is -2.38. The highest BCUT2D eigenvalue weighted by molar-refractivity contribution is 9.10. The highest BCUT2D eigenvalue weighted by Gasteiger charge is 2.45. The fraction of sp³-hybridized carbons (Fsp3) is 0.385. The van der Waals surface area contributed by atoms with E-state index in [2.05, 4.69) is 21.2 Å². The van der Waals surface area contributed by atoms with Gasteiger partial charge in [-0.2, -0.15) is 0 Å². The molecule has 2 N–H and O–H groups in total. The third-order valence-electron chi connectivity index (χ3n) is 3.27. The molecule has 1 aliphatic carbocycles. The molecule has 1 saturated carbocycles. The van der Waals surface area contributed by atoms with E-state index in [0.29, 0.717) is 18.4 Å². The molecule has 0 atom stereocenters. The summed E-state index contributed by atoms with van der Waals surface area (Å²) in [6, 6.07) is 5.33. The lowest BCUT2D eigenvalue weighted by Crippen LogP contribution is -2.59. The van der Waals surface area contributed by atoms with E-state index in [-0.39, 0.29) is 5.91 Å². The van der Waals surface area contributed by atoms with Crippen LogP contribution in [0, 0.1) is 6.92 Å². The first-order chi connectivity index (χ1) is 8.43. The molecular formula is C13H14BrNO3. The number of amides is 1. The standard InChI is InChI=1S/C13H14BrNO3/c1-8-5-9(7-10(14)6-8)11(16)15-13(12(17)18)3-2-4-13/h5-7H,2-4H2,1H3,(H,15,16)(H,17,18). The molecule has 96 valence electrons. The molecule has 0 saturated heterocycles. The third kappa shape index (κ3) is 2.41. The lowest BCUT2D eigenvalue weighted by atomic mass is 9.76. The molecule has 18 heavy (non-hydrogen) atoms. The van der Waals surface area contributed by atoms with Gasteiger partial charge >= 0.3 is 5.97 Å². The van der Waals surface area contributed by atoms with E-state index < -0.39 is 11.5 Å². The Kier molecular flexibility index (Phi) is 3.43. The summed E-state index contributed by atoms with van der Waals surface area (Å²) in [5, 5.41) is 11.8. The SMILES string of the molecule is Cc1cc(Br)cc(C(=O)NC2(C(=O)O)CCC2)c1. The molecule has 1 amide bonds. The Hall–Kier alpha value is -1.36. The smallest absolute Gasteiger partial charge is 0.329 e. The fourth-order valence-electron chi connectivity index (χ4n) is 2.08. The number of halogens is 1. The molecule has 0 radical (unpaired) electrons. The normalized spacial score (nSPS) is 16.8. The van der Waals surface area contributed by atoms with Crippen molar-refractivity contribution in [3.8, 4) is 0 Å². The molecule has 0 bridgehead atoms. The van der Waals surface area contributed by atoms with Gasteiger partial charge in [0.1, 0.15) is 5.54 Å². The van der Waals surface area contributed by atoms with Crippen LogP contribution in [0.25, 0.3) is 0 Å². The molecule has 0 aliphatic heterocycles. The van der Waals surface area contributed by atoms with Gasteiger partial charge < -0.3 is 10.4 Å². The summed E-state index contributed by atoms with van der Waals surface area (Å²) in [5.41, 5.74) is 0.370. The van der Waals surface area contributed by atoms with Gasteiger partial charge in [-0.1, -0.05) is 15.9 Å². The number of carbonyl (C=O) groups is 2. The van der Waals surface area contributed by atoms with E-state index in [1.807, 2.05) is 13.0 Å². The highest BCUT2D eigenvalue weighted by atomic mass is 79.9. The van der Waals surface area contributed by atoms with Gasteiger partial charge in [0.25, 0.3) is 5.91 Å². The van der Waals surface area contributed by atoms with Crippen LogP contribution in [0.15, 0.2) is 22.7 Å². The van der Waals surface area contributed by atoms with Crippen LogP contribution in [-0.4, -0.2) is 22.5 Å². The minimum absolute atomic E-state index is 0.332. The molecule has 2 rings (SSSR count). The maximum absolute atomic E-state index is 12.1. The van der Waals surface area contributed by atoms with E-state index in [1.54, 1.807) is 12.1 Å². The van der Waals surface area contributed by atoms with E-state index >= 15 is 0 Å². The first-order valence-electron chi connectivity index (χ1n) is 5.76. The van der Waals surface area contributed by atoms with Crippen molar-refractivity contribution in [3.05, 3.63) is 33.8 Å². The summed E-state index contributed by atoms with van der Waals surface area (Å²) in [4.78, 5) is 23.2. The maximum Gasteiger partial charge on any atom is 0.329 e. The average Bonchev–Trinajstić information content (AvgIpc) is 2.21. The van der Waals surface area contributed by atoms with Crippen molar-refractivity contribution in [3.63, 3.8) is 0 Å². The molecule has 1 aromatic rings. The van der Waals surface area contributed by atoms with Crippen LogP contribution in [0.3, 0.4) is 0 Å². The number of hydrogen-bond donors (Lipinski definition) is 2. The van der Waals surface area contributed by atoms with Crippen molar-refractivity contribution in [2.75, 3.05) is 0 Å². The number of aryl methyl sites for hydroxylation is 1. The first-order valence-corrected chi connectivity index (χ1v) is 6.55. The fourth-order valence-corrected chi connectivity index (χ4v) is 2.69. The summed E-state index contributed by atoms with van der Waals surface area (Å²) in [6.07, 6.45) is 1.84. The van der Waals surface area contributed by atoms with Crippen molar-refractivity contribution >= 4 is 27.8 Å². The molecule has 0 unspecified atom stereocenters. The summed E-state index contributed by atoms with van der Waals surface area (Å²) in [5.74, 6) is -1.28. The second-order valence-corrected chi connectivity index (χ2v) is 5.63. The van der Waals surface area contributed by atoms with Crippen molar-refractivity contribution < 1.29 is 14.7 Å². The van der Waals surface area contributed by atoms with Crippen LogP contribution < -0.4 is 5.32 Å². The molecule has 0 heterocycles. The Morgan fingerprint density at radius 3 is 2.44 bits per heavy atom. The number of benzene rings is 1. The highest BCUT2D eigenvalue weighted by Crippen LogP contribution is 2.32. The van der Waals surface area contributed by atoms with Crippen molar-refractivity contribution in [2.24, 2.45) is 0 Å². The lowest BCUT2D eigenvalue weighted by molar-refractivity contribution is -0.148. The van der Waals surface area contributed by atoms with Crippen LogP contribution in [0.2, 0.25) is 0 Å². The van der Waals surface area contributed by atoms with Gasteiger partial charge in [-0.05, 0) is 49.9 Å². The summed E-state index contributed by atoms with van der Waals surface area (Å²) in [6.45, 7) is 1.89. The summed E-state index contributed by atoms with van der Waals surface area (Å²) in [7, 11) is 0. The Morgan fingerprint density at radius 1 is 1.33 bits per heavy atom. The zero-order valence-electron chi connectivity index (χ0n) is 10.00. The topological polar surface area (TPSA) is 66.4 Å². The zero-order valence-corrected chi connectivity index (χ0v) is 11.6. The largest absolute Gasteiger partial charge is 0.480 e. The van der Waals surface area contributed by atoms with Crippen LogP contribution >= 0.6 is 15.9 Å². The summed E-state index contributed by atoms with van der Waals surface area (Å²) < 4.78 is 0.811. The Balaban J connectivity index is 2.19. The monoisotopic (exact) mass is 311 g/mol. The number of hydrogen-bond acceptors (Lipinski definition) is 2. The molecule has 4 nitrogen and oxygen atoms in total. The predicted molar refractivity (Wildman–Crippen MR) is 70.6 cm³/mol. The minimum Gasteiger partial charge on any atom is -0.480 e. The van der Waals surface area contributed by atoms with E-state index in [0.717, 1.165) is 16.5 Å². The Bertz CT molecular complexity index is 489. The second kappa shape index (κ2) is 4.72. The zero-order chi connectivity index (χ0) is 13.3. The number of carbonyl (C=O) groups excluding carboxylic acids is 1. The molecule has 0 aromatic heterocycles. The molecule has 1 fully saturated rings. The van der Waals surface area contributed by atoms with Gasteiger partial charge in [0.2, 0.25) is 0 Å². The third-order valence-corrected chi connectivity index (χ3v) is 3.73. The maximum atomic E-state index is 12.1. The van der Waals surface area contributed by atoms with Crippen LogP contribution in [-0.2, 0) is 4.79 Å². The predicted octanol–water partition coefficient (Wildman–Crippen LogP) is 2.49. The van der Waals surface area contributed by atoms with E-state index in [1.165, 1.54) is 0 Å². The minimum atomic E-state index is -1.06. The van der Waals surface area contributed by atoms with Crippen LogP contribution in [0.1, 0.15) is 35.2 Å². The molecule has 1 aromatic carbocycles. The number of aliphatic carboxylic acids is 1. The van der Waals surface area contributed by atoms with Gasteiger partial charge in [0.05, 0.1) is 0 Å². The number of carboxylic acid groups (broad SMARTS) is 1. The van der Waals surface area contributed by atoms with Crippen LogP contribution in [0.4, 0.5) is 0 Å². The van der Waals surface area contributed by atoms with E-state index in [9.17, 15) is 9.59 Å².